The minimum atomic E-state index is 0.0873. The molecular formula is C25H33N3O. The van der Waals surface area contributed by atoms with Crippen molar-refractivity contribution in [3.63, 3.8) is 0 Å². The summed E-state index contributed by atoms with van der Waals surface area (Å²) in [5, 5.41) is 0. The quantitative estimate of drug-likeness (QED) is 0.724. The van der Waals surface area contributed by atoms with E-state index < -0.39 is 0 Å². The Morgan fingerprint density at radius 3 is 2.55 bits per heavy atom. The smallest absolute Gasteiger partial charge is 0.235 e. The molecule has 1 aromatic heterocycles. The third kappa shape index (κ3) is 4.53. The van der Waals surface area contributed by atoms with Gasteiger partial charge in [0.1, 0.15) is 5.82 Å². The van der Waals surface area contributed by atoms with Crippen molar-refractivity contribution in [2.75, 3.05) is 24.5 Å². The molecule has 4 heteroatoms. The van der Waals surface area contributed by atoms with Gasteiger partial charge in [0.15, 0.2) is 0 Å². The molecule has 29 heavy (non-hydrogen) atoms. The zero-order valence-electron chi connectivity index (χ0n) is 17.6. The van der Waals surface area contributed by atoms with Gasteiger partial charge in [-0.3, -0.25) is 9.69 Å². The SMILES string of the molecule is CCCCN1CCCC(C(=O)N2c3ccccc3CCc3cccnc32)CCC1. The number of hydrogen-bond acceptors (Lipinski definition) is 3. The molecule has 1 aromatic carbocycles. The molecule has 0 saturated carbocycles. The molecule has 2 aliphatic rings. The fourth-order valence-corrected chi connectivity index (χ4v) is 4.79. The topological polar surface area (TPSA) is 36.4 Å². The molecule has 0 bridgehead atoms. The van der Waals surface area contributed by atoms with Gasteiger partial charge in [0.2, 0.25) is 5.91 Å². The second-order valence-electron chi connectivity index (χ2n) is 8.47. The number of anilines is 2. The van der Waals surface area contributed by atoms with Crippen molar-refractivity contribution < 1.29 is 4.79 Å². The third-order valence-corrected chi connectivity index (χ3v) is 6.43. The van der Waals surface area contributed by atoms with E-state index in [9.17, 15) is 4.79 Å². The fourth-order valence-electron chi connectivity index (χ4n) is 4.79. The minimum absolute atomic E-state index is 0.0873. The van der Waals surface area contributed by atoms with E-state index in [0.717, 1.165) is 63.1 Å². The molecule has 1 saturated heterocycles. The summed E-state index contributed by atoms with van der Waals surface area (Å²) in [5.41, 5.74) is 3.45. The summed E-state index contributed by atoms with van der Waals surface area (Å²) in [5.74, 6) is 1.17. The van der Waals surface area contributed by atoms with Crippen LogP contribution in [0.3, 0.4) is 0 Å². The van der Waals surface area contributed by atoms with E-state index in [2.05, 4.69) is 41.1 Å². The molecule has 2 aliphatic heterocycles. The molecule has 4 rings (SSSR count). The van der Waals surface area contributed by atoms with Crippen LogP contribution in [-0.2, 0) is 17.6 Å². The van der Waals surface area contributed by atoms with E-state index in [-0.39, 0.29) is 11.8 Å². The number of fused-ring (bicyclic) bond motifs is 2. The summed E-state index contributed by atoms with van der Waals surface area (Å²) < 4.78 is 0. The number of likely N-dealkylation sites (tertiary alicyclic amines) is 1. The van der Waals surface area contributed by atoms with Crippen LogP contribution < -0.4 is 4.90 Å². The van der Waals surface area contributed by atoms with Crippen LogP contribution in [0.5, 0.6) is 0 Å². The average molecular weight is 392 g/mol. The van der Waals surface area contributed by atoms with Crippen molar-refractivity contribution in [2.24, 2.45) is 5.92 Å². The lowest BCUT2D eigenvalue weighted by molar-refractivity contribution is -0.122. The van der Waals surface area contributed by atoms with Crippen molar-refractivity contribution in [3.8, 4) is 0 Å². The number of aromatic nitrogens is 1. The Morgan fingerprint density at radius 1 is 1.03 bits per heavy atom. The standard InChI is InChI=1S/C25H33N3O/c1-2-3-17-27-18-7-11-22(12-8-19-27)25(29)28-23-13-5-4-9-20(23)14-15-21-10-6-16-26-24(21)28/h4-6,9-10,13,16,22H,2-3,7-8,11-12,14-15,17-19H2,1H3. The van der Waals surface area contributed by atoms with E-state index in [0.29, 0.717) is 0 Å². The van der Waals surface area contributed by atoms with Gasteiger partial charge in [-0.05, 0) is 87.8 Å². The number of para-hydroxylation sites is 1. The van der Waals surface area contributed by atoms with E-state index in [1.54, 1.807) is 0 Å². The van der Waals surface area contributed by atoms with Crippen molar-refractivity contribution in [2.45, 2.75) is 58.3 Å². The number of unbranched alkanes of at least 4 members (excludes halogenated alkanes) is 1. The Balaban J connectivity index is 1.57. The number of nitrogens with zero attached hydrogens (tertiary/aromatic N) is 3. The lowest BCUT2D eigenvalue weighted by Crippen LogP contribution is -2.37. The first-order chi connectivity index (χ1) is 14.3. The normalized spacial score (nSPS) is 18.3. The first-order valence-electron chi connectivity index (χ1n) is 11.4. The number of rotatable bonds is 4. The van der Waals surface area contributed by atoms with E-state index in [1.165, 1.54) is 30.5 Å². The van der Waals surface area contributed by atoms with Crippen molar-refractivity contribution in [1.29, 1.82) is 0 Å². The van der Waals surface area contributed by atoms with Crippen LogP contribution in [0.1, 0.15) is 56.6 Å². The van der Waals surface area contributed by atoms with E-state index >= 15 is 0 Å². The maximum absolute atomic E-state index is 13.8. The summed E-state index contributed by atoms with van der Waals surface area (Å²) in [6.45, 7) is 5.69. The van der Waals surface area contributed by atoms with Gasteiger partial charge >= 0.3 is 0 Å². The number of hydrogen-bond donors (Lipinski definition) is 0. The monoisotopic (exact) mass is 391 g/mol. The van der Waals surface area contributed by atoms with Gasteiger partial charge in [-0.25, -0.2) is 4.98 Å². The first kappa shape index (κ1) is 20.1. The number of carbonyl (C=O) groups is 1. The fraction of sp³-hybridized carbons (Fsp3) is 0.520. The molecule has 0 atom stereocenters. The van der Waals surface area contributed by atoms with E-state index in [4.69, 9.17) is 0 Å². The summed E-state index contributed by atoms with van der Waals surface area (Å²) in [4.78, 5) is 23.0. The Kier molecular flexibility index (Phi) is 6.60. The van der Waals surface area contributed by atoms with Gasteiger partial charge in [0.25, 0.3) is 0 Å². The summed E-state index contributed by atoms with van der Waals surface area (Å²) in [6.07, 6.45) is 10.4. The molecule has 0 aliphatic carbocycles. The van der Waals surface area contributed by atoms with E-state index in [1.807, 2.05) is 23.2 Å². The highest BCUT2D eigenvalue weighted by Crippen LogP contribution is 2.37. The largest absolute Gasteiger partial charge is 0.303 e. The molecule has 4 nitrogen and oxygen atoms in total. The summed E-state index contributed by atoms with van der Waals surface area (Å²) >= 11 is 0. The second kappa shape index (κ2) is 9.53. The lowest BCUT2D eigenvalue weighted by Gasteiger charge is -2.31. The van der Waals surface area contributed by atoms with Gasteiger partial charge in [-0.2, -0.15) is 0 Å². The van der Waals surface area contributed by atoms with Gasteiger partial charge in [0.05, 0.1) is 5.69 Å². The highest BCUT2D eigenvalue weighted by Gasteiger charge is 2.32. The van der Waals surface area contributed by atoms with Crippen LogP contribution in [0.15, 0.2) is 42.6 Å². The maximum Gasteiger partial charge on any atom is 0.235 e. The maximum atomic E-state index is 13.8. The third-order valence-electron chi connectivity index (χ3n) is 6.43. The van der Waals surface area contributed by atoms with Gasteiger partial charge < -0.3 is 4.90 Å². The molecular weight excluding hydrogens is 358 g/mol. The van der Waals surface area contributed by atoms with Crippen LogP contribution in [-0.4, -0.2) is 35.4 Å². The summed E-state index contributed by atoms with van der Waals surface area (Å²) in [6, 6.07) is 12.5. The zero-order valence-corrected chi connectivity index (χ0v) is 17.6. The number of amides is 1. The number of pyridine rings is 1. The predicted molar refractivity (Wildman–Crippen MR) is 119 cm³/mol. The first-order valence-corrected chi connectivity index (χ1v) is 11.4. The molecule has 0 unspecified atom stereocenters. The van der Waals surface area contributed by atoms with Crippen LogP contribution in [0.2, 0.25) is 0 Å². The molecule has 0 radical (unpaired) electrons. The molecule has 154 valence electrons. The van der Waals surface area contributed by atoms with Gasteiger partial charge in [-0.15, -0.1) is 0 Å². The number of carbonyl (C=O) groups excluding carboxylic acids is 1. The molecule has 2 aromatic rings. The Labute approximate surface area is 174 Å². The van der Waals surface area contributed by atoms with Crippen molar-refractivity contribution in [3.05, 3.63) is 53.7 Å². The minimum Gasteiger partial charge on any atom is -0.303 e. The number of aryl methyl sites for hydroxylation is 2. The lowest BCUT2D eigenvalue weighted by atomic mass is 9.93. The highest BCUT2D eigenvalue weighted by molar-refractivity contribution is 6.02. The van der Waals surface area contributed by atoms with Crippen LogP contribution in [0, 0.1) is 5.92 Å². The Hall–Kier alpha value is -2.20. The zero-order chi connectivity index (χ0) is 20.1. The molecule has 1 amide bonds. The van der Waals surface area contributed by atoms with Crippen molar-refractivity contribution in [1.82, 2.24) is 9.88 Å². The molecule has 0 spiro atoms. The molecule has 0 N–H and O–H groups in total. The van der Waals surface area contributed by atoms with Crippen LogP contribution >= 0.6 is 0 Å². The van der Waals surface area contributed by atoms with Gasteiger partial charge in [-0.1, -0.05) is 37.6 Å². The van der Waals surface area contributed by atoms with Crippen LogP contribution in [0.25, 0.3) is 0 Å². The van der Waals surface area contributed by atoms with Crippen molar-refractivity contribution >= 4 is 17.4 Å². The van der Waals surface area contributed by atoms with Gasteiger partial charge in [0, 0.05) is 12.1 Å². The van der Waals surface area contributed by atoms with Crippen LogP contribution in [0.4, 0.5) is 11.5 Å². The Morgan fingerprint density at radius 2 is 1.76 bits per heavy atom. The molecule has 3 heterocycles. The average Bonchev–Trinajstić information content (AvgIpc) is 2.89. The molecule has 1 fully saturated rings. The highest BCUT2D eigenvalue weighted by atomic mass is 16.2. The predicted octanol–water partition coefficient (Wildman–Crippen LogP) is 5.14. The summed E-state index contributed by atoms with van der Waals surface area (Å²) in [7, 11) is 0. The Bertz CT molecular complexity index is 777. The number of benzene rings is 1. The second-order valence-corrected chi connectivity index (χ2v) is 8.47.